The SMILES string of the molecule is CCC(C)C(NC(=O)c1ccccc1)C(=O)NCc1ccc(OCC(F)(F)F)cc1. The Bertz CT molecular complexity index is 824. The lowest BCUT2D eigenvalue weighted by Crippen LogP contribution is -2.50. The first-order chi connectivity index (χ1) is 14.2. The first kappa shape index (κ1) is 23.3. The van der Waals surface area contributed by atoms with Crippen LogP contribution in [0.5, 0.6) is 5.75 Å². The van der Waals surface area contributed by atoms with Gasteiger partial charge in [-0.3, -0.25) is 9.59 Å². The third-order valence-corrected chi connectivity index (χ3v) is 4.61. The fraction of sp³-hybridized carbons (Fsp3) is 0.364. The molecule has 2 rings (SSSR count). The van der Waals surface area contributed by atoms with E-state index in [1.165, 1.54) is 12.1 Å². The number of carbonyl (C=O) groups is 2. The van der Waals surface area contributed by atoms with Crippen molar-refractivity contribution in [1.82, 2.24) is 10.6 Å². The van der Waals surface area contributed by atoms with Crippen molar-refractivity contribution in [2.75, 3.05) is 6.61 Å². The Morgan fingerprint density at radius 1 is 1.03 bits per heavy atom. The third kappa shape index (κ3) is 7.42. The van der Waals surface area contributed by atoms with Crippen LogP contribution in [0.2, 0.25) is 0 Å². The highest BCUT2D eigenvalue weighted by molar-refractivity contribution is 5.97. The van der Waals surface area contributed by atoms with Crippen LogP contribution in [-0.2, 0) is 11.3 Å². The molecule has 0 aromatic heterocycles. The second kappa shape index (κ2) is 10.7. The molecular weight excluding hydrogens is 397 g/mol. The van der Waals surface area contributed by atoms with Gasteiger partial charge in [0, 0.05) is 12.1 Å². The third-order valence-electron chi connectivity index (χ3n) is 4.61. The summed E-state index contributed by atoms with van der Waals surface area (Å²) in [5, 5.41) is 5.55. The molecule has 8 heteroatoms. The van der Waals surface area contributed by atoms with Crippen LogP contribution in [0, 0.1) is 5.92 Å². The van der Waals surface area contributed by atoms with E-state index in [1.54, 1.807) is 42.5 Å². The average Bonchev–Trinajstić information content (AvgIpc) is 2.74. The minimum atomic E-state index is -4.40. The molecule has 2 N–H and O–H groups in total. The van der Waals surface area contributed by atoms with E-state index in [0.717, 1.165) is 0 Å². The summed E-state index contributed by atoms with van der Waals surface area (Å²) in [7, 11) is 0. The minimum Gasteiger partial charge on any atom is -0.484 e. The molecule has 5 nitrogen and oxygen atoms in total. The molecule has 0 aliphatic carbocycles. The summed E-state index contributed by atoms with van der Waals surface area (Å²) in [6, 6.07) is 13.9. The normalized spacial score (nSPS) is 13.2. The van der Waals surface area contributed by atoms with Gasteiger partial charge in [0.25, 0.3) is 5.91 Å². The number of alkyl halides is 3. The van der Waals surface area contributed by atoms with Gasteiger partial charge in [-0.2, -0.15) is 13.2 Å². The number of nitrogens with one attached hydrogen (secondary N) is 2. The Morgan fingerprint density at radius 3 is 2.23 bits per heavy atom. The van der Waals surface area contributed by atoms with Gasteiger partial charge in [-0.15, -0.1) is 0 Å². The Morgan fingerprint density at radius 2 is 1.67 bits per heavy atom. The van der Waals surface area contributed by atoms with E-state index in [1.807, 2.05) is 13.8 Å². The number of hydrogen-bond acceptors (Lipinski definition) is 3. The molecule has 30 heavy (non-hydrogen) atoms. The lowest BCUT2D eigenvalue weighted by Gasteiger charge is -2.23. The number of halogens is 3. The summed E-state index contributed by atoms with van der Waals surface area (Å²) in [6.07, 6.45) is -3.71. The van der Waals surface area contributed by atoms with Gasteiger partial charge in [0.1, 0.15) is 11.8 Å². The molecule has 0 fully saturated rings. The Labute approximate surface area is 173 Å². The van der Waals surface area contributed by atoms with E-state index < -0.39 is 18.8 Å². The topological polar surface area (TPSA) is 67.4 Å². The lowest BCUT2D eigenvalue weighted by molar-refractivity contribution is -0.153. The summed E-state index contributed by atoms with van der Waals surface area (Å²) in [5.74, 6) is -0.654. The lowest BCUT2D eigenvalue weighted by atomic mass is 9.97. The van der Waals surface area contributed by atoms with Gasteiger partial charge in [-0.1, -0.05) is 50.6 Å². The first-order valence-corrected chi connectivity index (χ1v) is 9.61. The van der Waals surface area contributed by atoms with Crippen LogP contribution in [0.25, 0.3) is 0 Å². The molecule has 0 aliphatic rings. The largest absolute Gasteiger partial charge is 0.484 e. The number of rotatable bonds is 9. The molecule has 2 aromatic carbocycles. The fourth-order valence-corrected chi connectivity index (χ4v) is 2.68. The molecule has 0 saturated carbocycles. The first-order valence-electron chi connectivity index (χ1n) is 9.61. The standard InChI is InChI=1S/C22H25F3N2O3/c1-3-15(2)19(27-20(28)17-7-5-4-6-8-17)21(29)26-13-16-9-11-18(12-10-16)30-14-22(23,24)25/h4-12,15,19H,3,13-14H2,1-2H3,(H,26,29)(H,27,28). The van der Waals surface area contributed by atoms with E-state index in [9.17, 15) is 22.8 Å². The predicted octanol–water partition coefficient (Wildman–Crippen LogP) is 4.09. The van der Waals surface area contributed by atoms with Crippen LogP contribution in [0.1, 0.15) is 36.2 Å². The monoisotopic (exact) mass is 422 g/mol. The highest BCUT2D eigenvalue weighted by Crippen LogP contribution is 2.19. The van der Waals surface area contributed by atoms with E-state index in [2.05, 4.69) is 15.4 Å². The number of benzene rings is 2. The van der Waals surface area contributed by atoms with Gasteiger partial charge >= 0.3 is 6.18 Å². The van der Waals surface area contributed by atoms with Crippen molar-refractivity contribution in [3.05, 3.63) is 65.7 Å². The van der Waals surface area contributed by atoms with E-state index in [4.69, 9.17) is 0 Å². The Hall–Kier alpha value is -3.03. The number of amides is 2. The van der Waals surface area contributed by atoms with Crippen molar-refractivity contribution in [2.24, 2.45) is 5.92 Å². The maximum atomic E-state index is 12.7. The fourth-order valence-electron chi connectivity index (χ4n) is 2.68. The summed E-state index contributed by atoms with van der Waals surface area (Å²) >= 11 is 0. The summed E-state index contributed by atoms with van der Waals surface area (Å²) in [5.41, 5.74) is 1.16. The molecular formula is C22H25F3N2O3. The zero-order valence-electron chi connectivity index (χ0n) is 16.8. The Kier molecular flexibility index (Phi) is 8.26. The van der Waals surface area contributed by atoms with Crippen molar-refractivity contribution in [3.8, 4) is 5.75 Å². The minimum absolute atomic E-state index is 0.0872. The molecule has 0 saturated heterocycles. The highest BCUT2D eigenvalue weighted by Gasteiger charge is 2.28. The van der Waals surface area contributed by atoms with Crippen LogP contribution in [0.3, 0.4) is 0 Å². The number of ether oxygens (including phenoxy) is 1. The van der Waals surface area contributed by atoms with Crippen LogP contribution < -0.4 is 15.4 Å². The number of carbonyl (C=O) groups excluding carboxylic acids is 2. The van der Waals surface area contributed by atoms with Gasteiger partial charge in [0.05, 0.1) is 0 Å². The summed E-state index contributed by atoms with van der Waals surface area (Å²) in [6.45, 7) is 2.62. The van der Waals surface area contributed by atoms with Crippen LogP contribution in [0.4, 0.5) is 13.2 Å². The van der Waals surface area contributed by atoms with Gasteiger partial charge in [0.15, 0.2) is 6.61 Å². The maximum absolute atomic E-state index is 12.7. The average molecular weight is 422 g/mol. The number of hydrogen-bond donors (Lipinski definition) is 2. The van der Waals surface area contributed by atoms with Gasteiger partial charge < -0.3 is 15.4 Å². The van der Waals surface area contributed by atoms with E-state index in [0.29, 0.717) is 17.5 Å². The van der Waals surface area contributed by atoms with Gasteiger partial charge in [0.2, 0.25) is 5.91 Å². The maximum Gasteiger partial charge on any atom is 0.422 e. The zero-order chi connectivity index (χ0) is 22.1. The quantitative estimate of drug-likeness (QED) is 0.640. The summed E-state index contributed by atoms with van der Waals surface area (Å²) < 4.78 is 41.3. The van der Waals surface area contributed by atoms with Gasteiger partial charge in [-0.25, -0.2) is 0 Å². The second-order valence-electron chi connectivity index (χ2n) is 6.97. The Balaban J connectivity index is 1.94. The van der Waals surface area contributed by atoms with E-state index >= 15 is 0 Å². The molecule has 162 valence electrons. The van der Waals surface area contributed by atoms with Crippen molar-refractivity contribution in [2.45, 2.75) is 39.0 Å². The molecule has 2 atom stereocenters. The van der Waals surface area contributed by atoms with Crippen LogP contribution in [0.15, 0.2) is 54.6 Å². The molecule has 0 heterocycles. The van der Waals surface area contributed by atoms with Crippen molar-refractivity contribution < 1.29 is 27.5 Å². The van der Waals surface area contributed by atoms with Crippen molar-refractivity contribution in [3.63, 3.8) is 0 Å². The predicted molar refractivity (Wildman–Crippen MR) is 107 cm³/mol. The second-order valence-corrected chi connectivity index (χ2v) is 6.97. The molecule has 2 amide bonds. The molecule has 2 aromatic rings. The van der Waals surface area contributed by atoms with Gasteiger partial charge in [-0.05, 0) is 35.7 Å². The van der Waals surface area contributed by atoms with Crippen molar-refractivity contribution >= 4 is 11.8 Å². The highest BCUT2D eigenvalue weighted by atomic mass is 19.4. The molecule has 0 bridgehead atoms. The smallest absolute Gasteiger partial charge is 0.422 e. The zero-order valence-corrected chi connectivity index (χ0v) is 16.8. The van der Waals surface area contributed by atoms with E-state index in [-0.39, 0.29) is 30.0 Å². The molecule has 0 spiro atoms. The summed E-state index contributed by atoms with van der Waals surface area (Å²) in [4.78, 5) is 25.1. The molecule has 0 radical (unpaired) electrons. The molecule has 0 aliphatic heterocycles. The van der Waals surface area contributed by atoms with Crippen molar-refractivity contribution in [1.29, 1.82) is 0 Å². The molecule has 2 unspecified atom stereocenters. The van der Waals surface area contributed by atoms with Crippen LogP contribution >= 0.6 is 0 Å². The van der Waals surface area contributed by atoms with Crippen LogP contribution in [-0.4, -0.2) is 30.6 Å².